The molecule has 1 aliphatic carbocycles. The van der Waals surface area contributed by atoms with E-state index in [1.54, 1.807) is 0 Å². The molecule has 1 rings (SSSR count). The van der Waals surface area contributed by atoms with Crippen LogP contribution in [0.15, 0.2) is 11.3 Å². The number of hydrogen-bond acceptors (Lipinski definition) is 2. The minimum Gasteiger partial charge on any atom is -0.511 e. The van der Waals surface area contributed by atoms with Gasteiger partial charge in [0.25, 0.3) is 0 Å². The van der Waals surface area contributed by atoms with E-state index >= 15 is 0 Å². The second-order valence-electron chi connectivity index (χ2n) is 5.93. The van der Waals surface area contributed by atoms with E-state index in [1.807, 2.05) is 20.8 Å². The van der Waals surface area contributed by atoms with Gasteiger partial charge in [0.2, 0.25) is 0 Å². The molecule has 0 aromatic rings. The lowest BCUT2D eigenvalue weighted by atomic mass is 9.64. The van der Waals surface area contributed by atoms with Crippen molar-refractivity contribution >= 4 is 5.78 Å². The number of aliphatic hydroxyl groups excluding tert-OH is 1. The van der Waals surface area contributed by atoms with Gasteiger partial charge in [-0.3, -0.25) is 9.18 Å². The third-order valence-electron chi connectivity index (χ3n) is 4.71. The van der Waals surface area contributed by atoms with Gasteiger partial charge in [-0.1, -0.05) is 34.6 Å². The Balaban J connectivity index is 3.26. The number of aliphatic hydroxyl groups is 1. The summed E-state index contributed by atoms with van der Waals surface area (Å²) in [5.74, 6) is -0.0696. The second-order valence-corrected chi connectivity index (χ2v) is 5.93. The SMILES string of the molecule is CCC1C(C(=O)CCF)=C(O)C(C)(C)C1(C)C. The van der Waals surface area contributed by atoms with Crippen LogP contribution in [0, 0.1) is 16.7 Å². The van der Waals surface area contributed by atoms with Crippen LogP contribution in [-0.4, -0.2) is 17.6 Å². The van der Waals surface area contributed by atoms with Gasteiger partial charge in [0.1, 0.15) is 5.76 Å². The lowest BCUT2D eigenvalue weighted by Gasteiger charge is -2.39. The van der Waals surface area contributed by atoms with Gasteiger partial charge in [-0.05, 0) is 17.8 Å². The van der Waals surface area contributed by atoms with E-state index in [-0.39, 0.29) is 29.3 Å². The number of rotatable bonds is 4. The molecule has 0 aliphatic heterocycles. The summed E-state index contributed by atoms with van der Waals surface area (Å²) in [5.41, 5.74) is -0.164. The molecule has 0 radical (unpaired) electrons. The van der Waals surface area contributed by atoms with E-state index in [9.17, 15) is 14.3 Å². The first-order valence-corrected chi connectivity index (χ1v) is 6.24. The summed E-state index contributed by atoms with van der Waals surface area (Å²) in [6, 6.07) is 0. The highest BCUT2D eigenvalue weighted by molar-refractivity contribution is 5.97. The molecule has 1 N–H and O–H groups in total. The normalized spacial score (nSPS) is 26.4. The number of ketones is 1. The molecular weight excluding hydrogens is 219 g/mol. The lowest BCUT2D eigenvalue weighted by molar-refractivity contribution is -0.116. The number of carbonyl (C=O) groups is 1. The highest BCUT2D eigenvalue weighted by atomic mass is 19.1. The van der Waals surface area contributed by atoms with Crippen molar-refractivity contribution < 1.29 is 14.3 Å². The fourth-order valence-corrected chi connectivity index (χ4v) is 2.86. The summed E-state index contributed by atoms with van der Waals surface area (Å²) < 4.78 is 12.3. The average Bonchev–Trinajstić information content (AvgIpc) is 2.36. The van der Waals surface area contributed by atoms with Gasteiger partial charge in [-0.2, -0.15) is 0 Å². The molecule has 1 atom stereocenters. The molecular formula is C14H23FO2. The lowest BCUT2D eigenvalue weighted by Crippen LogP contribution is -2.34. The minimum atomic E-state index is -0.660. The van der Waals surface area contributed by atoms with Crippen LogP contribution in [-0.2, 0) is 4.79 Å². The number of carbonyl (C=O) groups excluding carboxylic acids is 1. The molecule has 1 unspecified atom stereocenters. The Labute approximate surface area is 103 Å². The third-order valence-corrected chi connectivity index (χ3v) is 4.71. The van der Waals surface area contributed by atoms with Crippen LogP contribution in [0.4, 0.5) is 4.39 Å². The van der Waals surface area contributed by atoms with Gasteiger partial charge in [0.15, 0.2) is 5.78 Å². The summed E-state index contributed by atoms with van der Waals surface area (Å²) in [6.07, 6.45) is 0.663. The highest BCUT2D eigenvalue weighted by Crippen LogP contribution is 2.58. The standard InChI is InChI=1S/C14H23FO2/c1-6-9-11(10(16)7-8-15)12(17)14(4,5)13(9,2)3/h9,17H,6-8H2,1-5H3. The molecule has 98 valence electrons. The molecule has 0 amide bonds. The fourth-order valence-electron chi connectivity index (χ4n) is 2.86. The molecule has 0 spiro atoms. The van der Waals surface area contributed by atoms with E-state index < -0.39 is 12.1 Å². The van der Waals surface area contributed by atoms with Crippen LogP contribution in [0.2, 0.25) is 0 Å². The first-order valence-electron chi connectivity index (χ1n) is 6.24. The predicted octanol–water partition coefficient (Wildman–Crippen LogP) is 3.82. The highest BCUT2D eigenvalue weighted by Gasteiger charge is 2.54. The van der Waals surface area contributed by atoms with Crippen molar-refractivity contribution in [2.24, 2.45) is 16.7 Å². The molecule has 0 fully saturated rings. The van der Waals surface area contributed by atoms with Crippen LogP contribution in [0.1, 0.15) is 47.5 Å². The molecule has 0 saturated carbocycles. The van der Waals surface area contributed by atoms with Crippen LogP contribution in [0.25, 0.3) is 0 Å². The molecule has 0 heterocycles. The monoisotopic (exact) mass is 242 g/mol. The first-order chi connectivity index (χ1) is 7.71. The van der Waals surface area contributed by atoms with Gasteiger partial charge >= 0.3 is 0 Å². The maximum absolute atomic E-state index is 12.3. The Morgan fingerprint density at radius 3 is 2.29 bits per heavy atom. The second kappa shape index (κ2) is 4.43. The summed E-state index contributed by atoms with van der Waals surface area (Å²) >= 11 is 0. The van der Waals surface area contributed by atoms with E-state index in [1.165, 1.54) is 0 Å². The van der Waals surface area contributed by atoms with Gasteiger partial charge < -0.3 is 5.11 Å². The van der Waals surface area contributed by atoms with Crippen LogP contribution >= 0.6 is 0 Å². The Morgan fingerprint density at radius 1 is 1.35 bits per heavy atom. The van der Waals surface area contributed by atoms with Crippen LogP contribution < -0.4 is 0 Å². The minimum absolute atomic E-state index is 0.0107. The maximum Gasteiger partial charge on any atom is 0.165 e. The Bertz CT molecular complexity index is 353. The number of alkyl halides is 1. The number of hydrogen-bond donors (Lipinski definition) is 1. The van der Waals surface area contributed by atoms with Crippen molar-refractivity contribution in [3.8, 4) is 0 Å². The van der Waals surface area contributed by atoms with Gasteiger partial charge in [0, 0.05) is 17.4 Å². The molecule has 0 aromatic carbocycles. The first kappa shape index (κ1) is 14.2. The Hall–Kier alpha value is -0.860. The van der Waals surface area contributed by atoms with Gasteiger partial charge in [0.05, 0.1) is 6.67 Å². The zero-order valence-corrected chi connectivity index (χ0v) is 11.4. The van der Waals surface area contributed by atoms with Gasteiger partial charge in [-0.15, -0.1) is 0 Å². The number of halogens is 1. The smallest absolute Gasteiger partial charge is 0.165 e. The molecule has 0 bridgehead atoms. The van der Waals surface area contributed by atoms with Crippen molar-refractivity contribution in [3.63, 3.8) is 0 Å². The summed E-state index contributed by atoms with van der Waals surface area (Å²) in [4.78, 5) is 11.9. The van der Waals surface area contributed by atoms with Crippen molar-refractivity contribution in [3.05, 3.63) is 11.3 Å². The predicted molar refractivity (Wildman–Crippen MR) is 66.6 cm³/mol. The molecule has 0 saturated heterocycles. The molecule has 1 aliphatic rings. The Morgan fingerprint density at radius 2 is 1.88 bits per heavy atom. The van der Waals surface area contributed by atoms with Crippen LogP contribution in [0.5, 0.6) is 0 Å². The largest absolute Gasteiger partial charge is 0.511 e. The zero-order chi connectivity index (χ0) is 13.4. The molecule has 2 nitrogen and oxygen atoms in total. The van der Waals surface area contributed by atoms with Crippen LogP contribution in [0.3, 0.4) is 0 Å². The summed E-state index contributed by atoms with van der Waals surface area (Å²) in [5, 5.41) is 10.3. The fraction of sp³-hybridized carbons (Fsp3) is 0.786. The molecule has 0 aromatic heterocycles. The van der Waals surface area contributed by atoms with Crippen molar-refractivity contribution in [2.75, 3.05) is 6.67 Å². The van der Waals surface area contributed by atoms with E-state index in [4.69, 9.17) is 0 Å². The van der Waals surface area contributed by atoms with E-state index in [0.717, 1.165) is 6.42 Å². The molecule has 17 heavy (non-hydrogen) atoms. The quantitative estimate of drug-likeness (QED) is 0.813. The van der Waals surface area contributed by atoms with Crippen molar-refractivity contribution in [1.82, 2.24) is 0 Å². The van der Waals surface area contributed by atoms with Crippen molar-refractivity contribution in [1.29, 1.82) is 0 Å². The number of Topliss-reactive ketones (excluding diaryl/α,β-unsaturated/α-hetero) is 1. The van der Waals surface area contributed by atoms with E-state index in [0.29, 0.717) is 5.57 Å². The summed E-state index contributed by atoms with van der Waals surface area (Å²) in [7, 11) is 0. The zero-order valence-electron chi connectivity index (χ0n) is 11.4. The molecule has 3 heteroatoms. The van der Waals surface area contributed by atoms with Crippen molar-refractivity contribution in [2.45, 2.75) is 47.5 Å². The summed E-state index contributed by atoms with van der Waals surface area (Å²) in [6.45, 7) is 9.36. The topological polar surface area (TPSA) is 37.3 Å². The average molecular weight is 242 g/mol. The maximum atomic E-state index is 12.3. The van der Waals surface area contributed by atoms with Gasteiger partial charge in [-0.25, -0.2) is 0 Å². The third kappa shape index (κ3) is 1.90. The Kier molecular flexibility index (Phi) is 3.70. The van der Waals surface area contributed by atoms with E-state index in [2.05, 4.69) is 13.8 Å². The number of allylic oxidation sites excluding steroid dienone is 2.